The Kier molecular flexibility index (Phi) is 5.25. The molecule has 4 saturated carbocycles. The van der Waals surface area contributed by atoms with Gasteiger partial charge in [0.25, 0.3) is 0 Å². The average Bonchev–Trinajstić information content (AvgIpc) is 2.63. The molecule has 4 nitrogen and oxygen atoms in total. The van der Waals surface area contributed by atoms with Gasteiger partial charge in [-0.3, -0.25) is 20.4 Å². The molecular formula is C23H32N2O2. The lowest BCUT2D eigenvalue weighted by atomic mass is 9.49. The van der Waals surface area contributed by atoms with Crippen molar-refractivity contribution < 1.29 is 9.59 Å². The summed E-state index contributed by atoms with van der Waals surface area (Å²) in [6.45, 7) is 2.08. The van der Waals surface area contributed by atoms with E-state index in [9.17, 15) is 9.59 Å². The first-order chi connectivity index (χ1) is 13.1. The zero-order chi connectivity index (χ0) is 18.9. The van der Waals surface area contributed by atoms with Crippen molar-refractivity contribution in [2.24, 2.45) is 23.2 Å². The smallest absolute Gasteiger partial charge is 0.245 e. The maximum atomic E-state index is 12.7. The summed E-state index contributed by atoms with van der Waals surface area (Å²) in [4.78, 5) is 25.3. The van der Waals surface area contributed by atoms with E-state index >= 15 is 0 Å². The molecule has 1 atom stereocenters. The Labute approximate surface area is 162 Å². The molecule has 0 saturated heterocycles. The van der Waals surface area contributed by atoms with Gasteiger partial charge in [0.1, 0.15) is 0 Å². The molecule has 146 valence electrons. The standard InChI is InChI=1S/C23H32N2O2/c1-2-6-20(19-7-4-3-5-8-19)22(27)25-24-21(26)15-23-12-16-9-17(13-23)11-18(10-16)14-23/h3-5,7-8,16-18,20H,2,6,9-15H2,1H3,(H,24,26)(H,25,27)/t16?,17?,18?,20-,23?/m0/s1. The fraction of sp³-hybridized carbons (Fsp3) is 0.652. The lowest BCUT2D eigenvalue weighted by molar-refractivity contribution is -0.134. The summed E-state index contributed by atoms with van der Waals surface area (Å²) < 4.78 is 0. The summed E-state index contributed by atoms with van der Waals surface area (Å²) in [7, 11) is 0. The molecule has 1 aromatic rings. The zero-order valence-electron chi connectivity index (χ0n) is 16.4. The minimum absolute atomic E-state index is 0.0198. The molecule has 5 rings (SSSR count). The maximum absolute atomic E-state index is 12.7. The Hall–Kier alpha value is -1.84. The van der Waals surface area contributed by atoms with Gasteiger partial charge in [-0.25, -0.2) is 0 Å². The van der Waals surface area contributed by atoms with Crippen LogP contribution in [0.15, 0.2) is 30.3 Å². The minimum Gasteiger partial charge on any atom is -0.273 e. The number of carbonyl (C=O) groups excluding carboxylic acids is 2. The Morgan fingerprint density at radius 2 is 1.59 bits per heavy atom. The van der Waals surface area contributed by atoms with Gasteiger partial charge in [-0.15, -0.1) is 0 Å². The predicted molar refractivity (Wildman–Crippen MR) is 106 cm³/mol. The molecule has 27 heavy (non-hydrogen) atoms. The van der Waals surface area contributed by atoms with Crippen LogP contribution >= 0.6 is 0 Å². The molecule has 0 unspecified atom stereocenters. The van der Waals surface area contributed by atoms with Gasteiger partial charge in [0.2, 0.25) is 11.8 Å². The van der Waals surface area contributed by atoms with Crippen LogP contribution in [0.4, 0.5) is 0 Å². The van der Waals surface area contributed by atoms with E-state index in [2.05, 4.69) is 17.8 Å². The van der Waals surface area contributed by atoms with Crippen LogP contribution in [-0.4, -0.2) is 11.8 Å². The molecular weight excluding hydrogens is 336 g/mol. The molecule has 4 fully saturated rings. The van der Waals surface area contributed by atoms with Crippen LogP contribution < -0.4 is 10.9 Å². The van der Waals surface area contributed by atoms with Crippen LogP contribution in [0.3, 0.4) is 0 Å². The highest BCUT2D eigenvalue weighted by atomic mass is 16.2. The number of rotatable bonds is 6. The molecule has 2 N–H and O–H groups in total. The normalized spacial score (nSPS) is 32.1. The Balaban J connectivity index is 1.33. The average molecular weight is 369 g/mol. The molecule has 1 aromatic carbocycles. The van der Waals surface area contributed by atoms with Crippen molar-refractivity contribution in [1.29, 1.82) is 0 Å². The molecule has 4 aliphatic carbocycles. The lowest BCUT2D eigenvalue weighted by Gasteiger charge is -2.56. The van der Waals surface area contributed by atoms with E-state index in [1.54, 1.807) is 0 Å². The van der Waals surface area contributed by atoms with Gasteiger partial charge >= 0.3 is 0 Å². The summed E-state index contributed by atoms with van der Waals surface area (Å²) in [5.41, 5.74) is 6.64. The van der Waals surface area contributed by atoms with Gasteiger partial charge < -0.3 is 0 Å². The molecule has 0 radical (unpaired) electrons. The van der Waals surface area contributed by atoms with Crippen LogP contribution in [0.1, 0.15) is 76.2 Å². The van der Waals surface area contributed by atoms with Crippen molar-refractivity contribution >= 4 is 11.8 Å². The molecule has 0 heterocycles. The van der Waals surface area contributed by atoms with E-state index in [0.29, 0.717) is 6.42 Å². The number of hydrazine groups is 1. The first-order valence-electron chi connectivity index (χ1n) is 10.7. The van der Waals surface area contributed by atoms with Crippen molar-refractivity contribution in [2.45, 2.75) is 70.6 Å². The van der Waals surface area contributed by atoms with Crippen LogP contribution in [0.25, 0.3) is 0 Å². The van der Waals surface area contributed by atoms with Crippen molar-refractivity contribution in [3.05, 3.63) is 35.9 Å². The molecule has 4 aliphatic rings. The second-order valence-electron chi connectivity index (χ2n) is 9.38. The number of benzene rings is 1. The van der Waals surface area contributed by atoms with Crippen molar-refractivity contribution in [1.82, 2.24) is 10.9 Å². The largest absolute Gasteiger partial charge is 0.273 e. The second kappa shape index (κ2) is 7.65. The molecule has 4 bridgehead atoms. The highest BCUT2D eigenvalue weighted by molar-refractivity contribution is 5.86. The molecule has 4 heteroatoms. The van der Waals surface area contributed by atoms with Gasteiger partial charge in [-0.05, 0) is 73.7 Å². The van der Waals surface area contributed by atoms with Crippen LogP contribution in [0.5, 0.6) is 0 Å². The number of amides is 2. The SMILES string of the molecule is CCC[C@H](C(=O)NNC(=O)CC12CC3CC(CC(C3)C1)C2)c1ccccc1. The van der Waals surface area contributed by atoms with E-state index in [0.717, 1.165) is 36.2 Å². The van der Waals surface area contributed by atoms with Gasteiger partial charge in [0, 0.05) is 6.42 Å². The Morgan fingerprint density at radius 3 is 2.15 bits per heavy atom. The molecule has 0 aliphatic heterocycles. The van der Waals surface area contributed by atoms with E-state index in [-0.39, 0.29) is 23.1 Å². The molecule has 2 amide bonds. The fourth-order valence-electron chi connectivity index (χ4n) is 6.53. The molecule has 0 aromatic heterocycles. The third kappa shape index (κ3) is 4.04. The number of nitrogens with one attached hydrogen (secondary N) is 2. The minimum atomic E-state index is -0.212. The van der Waals surface area contributed by atoms with Crippen LogP contribution in [0, 0.1) is 23.2 Å². The van der Waals surface area contributed by atoms with Crippen molar-refractivity contribution in [3.63, 3.8) is 0 Å². The summed E-state index contributed by atoms with van der Waals surface area (Å²) in [6, 6.07) is 9.83. The predicted octanol–water partition coefficient (Wildman–Crippen LogP) is 4.32. The van der Waals surface area contributed by atoms with Crippen LogP contribution in [0.2, 0.25) is 0 Å². The second-order valence-corrected chi connectivity index (χ2v) is 9.38. The third-order valence-electron chi connectivity index (χ3n) is 7.12. The fourth-order valence-corrected chi connectivity index (χ4v) is 6.53. The van der Waals surface area contributed by atoms with Gasteiger partial charge in [0.15, 0.2) is 0 Å². The summed E-state index contributed by atoms with van der Waals surface area (Å²) in [5, 5.41) is 0. The van der Waals surface area contributed by atoms with E-state index in [1.165, 1.54) is 38.5 Å². The summed E-state index contributed by atoms with van der Waals surface area (Å²) >= 11 is 0. The van der Waals surface area contributed by atoms with E-state index < -0.39 is 0 Å². The Morgan fingerprint density at radius 1 is 1.00 bits per heavy atom. The Bertz CT molecular complexity index is 650. The summed E-state index contributed by atoms with van der Waals surface area (Å²) in [5.74, 6) is 2.17. The lowest BCUT2D eigenvalue weighted by Crippen LogP contribution is -2.50. The summed E-state index contributed by atoms with van der Waals surface area (Å²) in [6.07, 6.45) is 10.1. The highest BCUT2D eigenvalue weighted by Crippen LogP contribution is 2.61. The van der Waals surface area contributed by atoms with Gasteiger partial charge in [0.05, 0.1) is 5.92 Å². The first kappa shape index (κ1) is 18.5. The van der Waals surface area contributed by atoms with E-state index in [4.69, 9.17) is 0 Å². The highest BCUT2D eigenvalue weighted by Gasteiger charge is 2.51. The van der Waals surface area contributed by atoms with Crippen molar-refractivity contribution in [2.75, 3.05) is 0 Å². The molecule has 0 spiro atoms. The van der Waals surface area contributed by atoms with Crippen LogP contribution in [-0.2, 0) is 9.59 Å². The topological polar surface area (TPSA) is 58.2 Å². The third-order valence-corrected chi connectivity index (χ3v) is 7.12. The number of hydrogen-bond donors (Lipinski definition) is 2. The van der Waals surface area contributed by atoms with Gasteiger partial charge in [-0.1, -0.05) is 43.7 Å². The van der Waals surface area contributed by atoms with Gasteiger partial charge in [-0.2, -0.15) is 0 Å². The number of hydrogen-bond acceptors (Lipinski definition) is 2. The van der Waals surface area contributed by atoms with E-state index in [1.807, 2.05) is 30.3 Å². The van der Waals surface area contributed by atoms with Crippen molar-refractivity contribution in [3.8, 4) is 0 Å². The number of carbonyl (C=O) groups is 2. The quantitative estimate of drug-likeness (QED) is 0.735. The monoisotopic (exact) mass is 368 g/mol. The zero-order valence-corrected chi connectivity index (χ0v) is 16.4. The maximum Gasteiger partial charge on any atom is 0.245 e. The first-order valence-corrected chi connectivity index (χ1v) is 10.7.